The molecule has 1 aliphatic heterocycles. The Morgan fingerprint density at radius 1 is 0.889 bits per heavy atom. The molecule has 1 aliphatic rings. The number of rotatable bonds is 4. The third kappa shape index (κ3) is 2.71. The van der Waals surface area contributed by atoms with E-state index in [1.165, 1.54) is 12.1 Å². The lowest BCUT2D eigenvalue weighted by Gasteiger charge is -2.31. The lowest BCUT2D eigenvalue weighted by molar-refractivity contribution is -0.141. The van der Waals surface area contributed by atoms with E-state index < -0.39 is 23.8 Å². The zero-order valence-electron chi connectivity index (χ0n) is 14.1. The van der Waals surface area contributed by atoms with Crippen LogP contribution in [0.5, 0.6) is 5.75 Å². The molecule has 6 heteroatoms. The number of hydrogen-bond donors (Lipinski definition) is 2. The Hall–Kier alpha value is -3.67. The van der Waals surface area contributed by atoms with Crippen molar-refractivity contribution in [1.29, 1.82) is 0 Å². The Labute approximate surface area is 154 Å². The second kappa shape index (κ2) is 6.25. The molecule has 1 heterocycles. The molecule has 0 saturated heterocycles. The highest BCUT2D eigenvalue weighted by Crippen LogP contribution is 2.31. The van der Waals surface area contributed by atoms with Gasteiger partial charge in [0.25, 0.3) is 11.8 Å². The highest BCUT2D eigenvalue weighted by Gasteiger charge is 2.40. The van der Waals surface area contributed by atoms with Gasteiger partial charge in [-0.25, -0.2) is 4.79 Å². The number of aromatic hydroxyl groups is 1. The SMILES string of the molecule is O=C(O)C(Cc1ccc(O)cc1)N1C(=O)c2cccc3cccc(c23)C1=O. The van der Waals surface area contributed by atoms with Gasteiger partial charge in [0, 0.05) is 22.9 Å². The minimum atomic E-state index is -1.35. The van der Waals surface area contributed by atoms with Crippen molar-refractivity contribution in [3.63, 3.8) is 0 Å². The topological polar surface area (TPSA) is 94.9 Å². The number of carbonyl (C=O) groups excluding carboxylic acids is 2. The lowest BCUT2D eigenvalue weighted by Crippen LogP contribution is -2.51. The Morgan fingerprint density at radius 2 is 1.44 bits per heavy atom. The number of carbonyl (C=O) groups is 3. The molecule has 1 atom stereocenters. The molecule has 3 aromatic carbocycles. The van der Waals surface area contributed by atoms with E-state index in [4.69, 9.17) is 0 Å². The summed E-state index contributed by atoms with van der Waals surface area (Å²) in [5.41, 5.74) is 1.23. The van der Waals surface area contributed by atoms with Crippen LogP contribution in [0.2, 0.25) is 0 Å². The molecule has 1 unspecified atom stereocenters. The molecule has 0 radical (unpaired) electrons. The monoisotopic (exact) mass is 361 g/mol. The first kappa shape index (κ1) is 16.8. The average Bonchev–Trinajstić information content (AvgIpc) is 2.66. The Kier molecular flexibility index (Phi) is 3.88. The van der Waals surface area contributed by atoms with Crippen LogP contribution >= 0.6 is 0 Å². The van der Waals surface area contributed by atoms with Crippen LogP contribution in [-0.4, -0.2) is 38.9 Å². The van der Waals surface area contributed by atoms with Crippen molar-refractivity contribution in [3.8, 4) is 5.75 Å². The van der Waals surface area contributed by atoms with Gasteiger partial charge in [0.2, 0.25) is 0 Å². The predicted molar refractivity (Wildman–Crippen MR) is 97.7 cm³/mol. The maximum absolute atomic E-state index is 13.0. The fourth-order valence-corrected chi connectivity index (χ4v) is 3.48. The van der Waals surface area contributed by atoms with Gasteiger partial charge in [-0.2, -0.15) is 0 Å². The molecule has 0 saturated carbocycles. The Morgan fingerprint density at radius 3 is 1.96 bits per heavy atom. The van der Waals surface area contributed by atoms with Gasteiger partial charge in [-0.3, -0.25) is 14.5 Å². The quantitative estimate of drug-likeness (QED) is 0.697. The summed E-state index contributed by atoms with van der Waals surface area (Å²) in [6.45, 7) is 0. The van der Waals surface area contributed by atoms with Crippen LogP contribution in [0.4, 0.5) is 0 Å². The van der Waals surface area contributed by atoms with Gasteiger partial charge >= 0.3 is 5.97 Å². The third-order valence-corrected chi connectivity index (χ3v) is 4.77. The second-order valence-electron chi connectivity index (χ2n) is 6.41. The molecule has 0 spiro atoms. The van der Waals surface area contributed by atoms with E-state index in [-0.39, 0.29) is 12.2 Å². The van der Waals surface area contributed by atoms with Crippen LogP contribution in [-0.2, 0) is 11.2 Å². The zero-order valence-corrected chi connectivity index (χ0v) is 14.1. The van der Waals surface area contributed by atoms with Crippen molar-refractivity contribution in [1.82, 2.24) is 4.90 Å². The molecule has 0 fully saturated rings. The molecule has 2 amide bonds. The van der Waals surface area contributed by atoms with Gasteiger partial charge in [0.1, 0.15) is 11.8 Å². The van der Waals surface area contributed by atoms with Gasteiger partial charge in [-0.1, -0.05) is 36.4 Å². The third-order valence-electron chi connectivity index (χ3n) is 4.77. The summed E-state index contributed by atoms with van der Waals surface area (Å²) in [6, 6.07) is 14.9. The molecular formula is C21H15NO5. The van der Waals surface area contributed by atoms with Crippen LogP contribution < -0.4 is 0 Å². The number of carboxylic acid groups (broad SMARTS) is 1. The summed E-state index contributed by atoms with van der Waals surface area (Å²) >= 11 is 0. The Balaban J connectivity index is 1.80. The smallest absolute Gasteiger partial charge is 0.327 e. The molecule has 6 nitrogen and oxygen atoms in total. The van der Waals surface area contributed by atoms with Gasteiger partial charge in [-0.15, -0.1) is 0 Å². The summed E-state index contributed by atoms with van der Waals surface area (Å²) in [4.78, 5) is 38.8. The molecule has 2 N–H and O–H groups in total. The number of hydrogen-bond acceptors (Lipinski definition) is 4. The molecule has 0 aliphatic carbocycles. The number of amides is 2. The second-order valence-corrected chi connectivity index (χ2v) is 6.41. The lowest BCUT2D eigenvalue weighted by atomic mass is 9.92. The van der Waals surface area contributed by atoms with Crippen LogP contribution in [0.25, 0.3) is 10.8 Å². The number of phenols is 1. The Bertz CT molecular complexity index is 1040. The minimum Gasteiger partial charge on any atom is -0.508 e. The highest BCUT2D eigenvalue weighted by atomic mass is 16.4. The van der Waals surface area contributed by atoms with Crippen LogP contribution in [0.1, 0.15) is 26.3 Å². The van der Waals surface area contributed by atoms with E-state index in [0.717, 1.165) is 10.3 Å². The number of imide groups is 1. The molecular weight excluding hydrogens is 346 g/mol. The number of nitrogens with zero attached hydrogens (tertiary/aromatic N) is 1. The van der Waals surface area contributed by atoms with Crippen molar-refractivity contribution < 1.29 is 24.6 Å². The largest absolute Gasteiger partial charge is 0.508 e. The van der Waals surface area contributed by atoms with Crippen molar-refractivity contribution in [2.75, 3.05) is 0 Å². The van der Waals surface area contributed by atoms with E-state index in [1.807, 2.05) is 12.1 Å². The van der Waals surface area contributed by atoms with Gasteiger partial charge in [0.15, 0.2) is 0 Å². The molecule has 27 heavy (non-hydrogen) atoms. The van der Waals surface area contributed by atoms with E-state index in [9.17, 15) is 24.6 Å². The summed E-state index contributed by atoms with van der Waals surface area (Å²) < 4.78 is 0. The van der Waals surface area contributed by atoms with Crippen molar-refractivity contribution in [2.24, 2.45) is 0 Å². The molecule has 4 rings (SSSR count). The summed E-state index contributed by atoms with van der Waals surface area (Å²) in [5.74, 6) is -2.45. The zero-order chi connectivity index (χ0) is 19.1. The summed E-state index contributed by atoms with van der Waals surface area (Å²) in [5, 5.41) is 20.4. The van der Waals surface area contributed by atoms with Crippen LogP contribution in [0.15, 0.2) is 60.7 Å². The fraction of sp³-hybridized carbons (Fsp3) is 0.0952. The van der Waals surface area contributed by atoms with E-state index >= 15 is 0 Å². The maximum Gasteiger partial charge on any atom is 0.327 e. The average molecular weight is 361 g/mol. The van der Waals surface area contributed by atoms with E-state index in [0.29, 0.717) is 22.1 Å². The van der Waals surface area contributed by atoms with E-state index in [1.54, 1.807) is 36.4 Å². The van der Waals surface area contributed by atoms with Gasteiger partial charge < -0.3 is 10.2 Å². The molecule has 3 aromatic rings. The minimum absolute atomic E-state index is 0.0504. The van der Waals surface area contributed by atoms with Gasteiger partial charge in [-0.05, 0) is 35.2 Å². The number of benzene rings is 3. The number of phenolic OH excluding ortho intramolecular Hbond substituents is 1. The van der Waals surface area contributed by atoms with Crippen LogP contribution in [0.3, 0.4) is 0 Å². The summed E-state index contributed by atoms with van der Waals surface area (Å²) in [6.07, 6.45) is -0.0504. The number of aliphatic carboxylic acids is 1. The predicted octanol–water partition coefficient (Wildman–Crippen LogP) is 2.84. The van der Waals surface area contributed by atoms with Crippen molar-refractivity contribution in [3.05, 3.63) is 77.4 Å². The fourth-order valence-electron chi connectivity index (χ4n) is 3.48. The highest BCUT2D eigenvalue weighted by molar-refractivity contribution is 6.26. The van der Waals surface area contributed by atoms with Crippen molar-refractivity contribution >= 4 is 28.6 Å². The van der Waals surface area contributed by atoms with E-state index in [2.05, 4.69) is 0 Å². The first-order valence-electron chi connectivity index (χ1n) is 8.37. The normalized spacial score (nSPS) is 14.4. The molecule has 0 aromatic heterocycles. The summed E-state index contributed by atoms with van der Waals surface area (Å²) in [7, 11) is 0. The number of carboxylic acids is 1. The van der Waals surface area contributed by atoms with Gasteiger partial charge in [0.05, 0.1) is 0 Å². The maximum atomic E-state index is 13.0. The standard InChI is InChI=1S/C21H15NO5/c23-14-9-7-12(8-10-14)11-17(21(26)27)22-19(24)15-5-1-3-13-4-2-6-16(18(13)15)20(22)25/h1-10,17,23H,11H2,(H,26,27). The molecule has 134 valence electrons. The van der Waals surface area contributed by atoms with Crippen molar-refractivity contribution in [2.45, 2.75) is 12.5 Å². The molecule has 0 bridgehead atoms. The van der Waals surface area contributed by atoms with Crippen LogP contribution in [0, 0.1) is 0 Å². The first-order valence-corrected chi connectivity index (χ1v) is 8.37. The first-order chi connectivity index (χ1) is 13.0.